The first-order valence-electron chi connectivity index (χ1n) is 9.94. The molecule has 0 amide bonds. The van der Waals surface area contributed by atoms with E-state index in [9.17, 15) is 17.6 Å². The molecule has 0 saturated carbocycles. The van der Waals surface area contributed by atoms with E-state index >= 15 is 0 Å². The maximum absolute atomic E-state index is 13.0. The molecule has 1 aromatic carbocycles. The van der Waals surface area contributed by atoms with Crippen LogP contribution in [0, 0.1) is 25.6 Å². The predicted molar refractivity (Wildman–Crippen MR) is 107 cm³/mol. The highest BCUT2D eigenvalue weighted by atomic mass is 32.2. The van der Waals surface area contributed by atoms with Crippen LogP contribution in [0.3, 0.4) is 0 Å². The Morgan fingerprint density at radius 3 is 2.66 bits per heavy atom. The fourth-order valence-corrected chi connectivity index (χ4v) is 5.42. The van der Waals surface area contributed by atoms with Crippen molar-refractivity contribution in [2.75, 3.05) is 13.1 Å². The second-order valence-electron chi connectivity index (χ2n) is 7.49. The van der Waals surface area contributed by atoms with Crippen molar-refractivity contribution in [3.63, 3.8) is 0 Å². The van der Waals surface area contributed by atoms with Gasteiger partial charge in [0.15, 0.2) is 12.4 Å². The lowest BCUT2D eigenvalue weighted by Crippen LogP contribution is -2.43. The van der Waals surface area contributed by atoms with E-state index in [1.54, 1.807) is 6.92 Å². The van der Waals surface area contributed by atoms with E-state index in [-0.39, 0.29) is 47.0 Å². The molecule has 0 radical (unpaired) electrons. The molecule has 4 rings (SSSR count). The summed E-state index contributed by atoms with van der Waals surface area (Å²) in [6.45, 7) is 3.16. The van der Waals surface area contributed by atoms with Gasteiger partial charge in [0.25, 0.3) is 5.89 Å². The number of halogens is 1. The van der Waals surface area contributed by atoms with Gasteiger partial charge < -0.3 is 13.8 Å². The lowest BCUT2D eigenvalue weighted by molar-refractivity contribution is -0.151. The molecule has 170 valence electrons. The molecule has 0 spiro atoms. The van der Waals surface area contributed by atoms with Crippen LogP contribution in [0.4, 0.5) is 4.39 Å². The number of aromatic nitrogens is 3. The summed E-state index contributed by atoms with van der Waals surface area (Å²) in [5.41, 5.74) is 0.810. The van der Waals surface area contributed by atoms with Gasteiger partial charge in [-0.15, -0.1) is 0 Å². The minimum absolute atomic E-state index is 0.00169. The number of sulfonamides is 1. The van der Waals surface area contributed by atoms with Crippen LogP contribution in [0.15, 0.2) is 38.2 Å². The van der Waals surface area contributed by atoms with Gasteiger partial charge in [0.2, 0.25) is 15.8 Å². The highest BCUT2D eigenvalue weighted by molar-refractivity contribution is 7.89. The Bertz CT molecular complexity index is 1200. The molecule has 1 unspecified atom stereocenters. The maximum atomic E-state index is 13.0. The molecule has 1 aliphatic rings. The van der Waals surface area contributed by atoms with Crippen LogP contribution in [0.2, 0.25) is 0 Å². The minimum atomic E-state index is -3.84. The van der Waals surface area contributed by atoms with Crippen LogP contribution in [-0.2, 0) is 26.2 Å². The Labute approximate surface area is 183 Å². The average molecular weight is 464 g/mol. The molecule has 1 fully saturated rings. The van der Waals surface area contributed by atoms with E-state index in [4.69, 9.17) is 13.8 Å². The number of aryl methyl sites for hydroxylation is 2. The third kappa shape index (κ3) is 4.41. The topological polar surface area (TPSA) is 129 Å². The van der Waals surface area contributed by atoms with E-state index in [1.807, 2.05) is 0 Å². The molecule has 32 heavy (non-hydrogen) atoms. The zero-order valence-electron chi connectivity index (χ0n) is 17.4. The highest BCUT2D eigenvalue weighted by Crippen LogP contribution is 2.28. The molecule has 1 aliphatic heterocycles. The molecule has 1 atom stereocenters. The number of ether oxygens (including phenoxy) is 1. The number of esters is 1. The SMILES string of the molecule is Cc1noc(C)c1S(=O)(=O)N1CCCC(C(=O)OCc2noc(-c3ccc(F)cc3)n2)C1. The van der Waals surface area contributed by atoms with Gasteiger partial charge in [0.05, 0.1) is 5.92 Å². The van der Waals surface area contributed by atoms with E-state index in [0.29, 0.717) is 24.9 Å². The number of carbonyl (C=O) groups excluding carboxylic acids is 1. The first-order valence-corrected chi connectivity index (χ1v) is 11.4. The Morgan fingerprint density at radius 1 is 1.22 bits per heavy atom. The van der Waals surface area contributed by atoms with Gasteiger partial charge in [-0.1, -0.05) is 10.3 Å². The van der Waals surface area contributed by atoms with Gasteiger partial charge in [0.1, 0.15) is 16.4 Å². The predicted octanol–water partition coefficient (Wildman–Crippen LogP) is 2.62. The van der Waals surface area contributed by atoms with Crippen LogP contribution < -0.4 is 0 Å². The van der Waals surface area contributed by atoms with E-state index in [2.05, 4.69) is 15.3 Å². The average Bonchev–Trinajstić information content (AvgIpc) is 3.39. The quantitative estimate of drug-likeness (QED) is 0.506. The third-order valence-electron chi connectivity index (χ3n) is 5.19. The molecule has 3 aromatic rings. The molecule has 12 heteroatoms. The van der Waals surface area contributed by atoms with Crippen molar-refractivity contribution in [1.82, 2.24) is 19.6 Å². The second-order valence-corrected chi connectivity index (χ2v) is 9.36. The van der Waals surface area contributed by atoms with Crippen molar-refractivity contribution in [1.29, 1.82) is 0 Å². The van der Waals surface area contributed by atoms with Gasteiger partial charge in [-0.25, -0.2) is 12.8 Å². The van der Waals surface area contributed by atoms with Crippen LogP contribution >= 0.6 is 0 Å². The van der Waals surface area contributed by atoms with Crippen LogP contribution in [0.25, 0.3) is 11.5 Å². The van der Waals surface area contributed by atoms with Gasteiger partial charge in [-0.2, -0.15) is 9.29 Å². The number of nitrogens with zero attached hydrogens (tertiary/aromatic N) is 4. The molecule has 0 N–H and O–H groups in total. The summed E-state index contributed by atoms with van der Waals surface area (Å²) in [7, 11) is -3.84. The summed E-state index contributed by atoms with van der Waals surface area (Å²) >= 11 is 0. The van der Waals surface area contributed by atoms with Gasteiger partial charge in [0, 0.05) is 18.7 Å². The lowest BCUT2D eigenvalue weighted by Gasteiger charge is -2.30. The zero-order valence-corrected chi connectivity index (χ0v) is 18.3. The Hall–Kier alpha value is -3.12. The minimum Gasteiger partial charge on any atom is -0.457 e. The van der Waals surface area contributed by atoms with Crippen LogP contribution in [-0.4, -0.2) is 47.1 Å². The summed E-state index contributed by atoms with van der Waals surface area (Å²) in [6, 6.07) is 5.53. The van der Waals surface area contributed by atoms with Crippen molar-refractivity contribution >= 4 is 16.0 Å². The van der Waals surface area contributed by atoms with Crippen LogP contribution in [0.5, 0.6) is 0 Å². The third-order valence-corrected chi connectivity index (χ3v) is 7.30. The number of rotatable bonds is 6. The Morgan fingerprint density at radius 2 is 1.97 bits per heavy atom. The lowest BCUT2D eigenvalue weighted by atomic mass is 10.0. The second kappa shape index (κ2) is 8.79. The molecule has 1 saturated heterocycles. The van der Waals surface area contributed by atoms with Gasteiger partial charge in [-0.05, 0) is 51.0 Å². The summed E-state index contributed by atoms with van der Waals surface area (Å²) in [4.78, 5) is 16.7. The summed E-state index contributed by atoms with van der Waals surface area (Å²) in [6.07, 6.45) is 1.01. The number of piperidine rings is 1. The van der Waals surface area contributed by atoms with Crippen molar-refractivity contribution in [3.8, 4) is 11.5 Å². The Balaban J connectivity index is 1.38. The normalized spacial score (nSPS) is 17.4. The van der Waals surface area contributed by atoms with Crippen LogP contribution in [0.1, 0.15) is 30.1 Å². The van der Waals surface area contributed by atoms with E-state index < -0.39 is 21.9 Å². The maximum Gasteiger partial charge on any atom is 0.310 e. The molecule has 2 aromatic heterocycles. The van der Waals surface area contributed by atoms with Crippen molar-refractivity contribution in [2.24, 2.45) is 5.92 Å². The summed E-state index contributed by atoms with van der Waals surface area (Å²) in [5, 5.41) is 7.47. The molecule has 0 bridgehead atoms. The Kier molecular flexibility index (Phi) is 6.07. The number of carbonyl (C=O) groups is 1. The van der Waals surface area contributed by atoms with Crippen molar-refractivity contribution in [2.45, 2.75) is 38.2 Å². The van der Waals surface area contributed by atoms with Gasteiger partial charge >= 0.3 is 5.97 Å². The largest absolute Gasteiger partial charge is 0.457 e. The molecular formula is C20H21FN4O6S. The number of benzene rings is 1. The standard InChI is InChI=1S/C20H21FN4O6S/c1-12-18(13(2)30-23-12)32(27,28)25-9-3-4-15(10-25)20(26)29-11-17-22-19(31-24-17)14-5-7-16(21)8-6-14/h5-8,15H,3-4,9-11H2,1-2H3. The molecule has 0 aliphatic carbocycles. The van der Waals surface area contributed by atoms with Crippen molar-refractivity contribution in [3.05, 3.63) is 47.4 Å². The van der Waals surface area contributed by atoms with Crippen molar-refractivity contribution < 1.29 is 31.4 Å². The summed E-state index contributed by atoms with van der Waals surface area (Å²) < 4.78 is 55.7. The zero-order chi connectivity index (χ0) is 22.9. The number of hydrogen-bond donors (Lipinski definition) is 0. The molecular weight excluding hydrogens is 443 g/mol. The molecule has 3 heterocycles. The first-order chi connectivity index (χ1) is 15.3. The van der Waals surface area contributed by atoms with E-state index in [1.165, 1.54) is 35.5 Å². The fraction of sp³-hybridized carbons (Fsp3) is 0.400. The smallest absolute Gasteiger partial charge is 0.310 e. The number of hydrogen-bond acceptors (Lipinski definition) is 9. The first kappa shape index (κ1) is 22.1. The fourth-order valence-electron chi connectivity index (χ4n) is 3.60. The van der Waals surface area contributed by atoms with Gasteiger partial charge in [-0.3, -0.25) is 4.79 Å². The molecule has 10 nitrogen and oxygen atoms in total. The highest BCUT2D eigenvalue weighted by Gasteiger charge is 2.37. The monoisotopic (exact) mass is 464 g/mol. The summed E-state index contributed by atoms with van der Waals surface area (Å²) in [5.74, 6) is -1.03. The van der Waals surface area contributed by atoms with E-state index in [0.717, 1.165) is 0 Å².